The second-order valence-corrected chi connectivity index (χ2v) is 16.1. The predicted molar refractivity (Wildman–Crippen MR) is 285 cm³/mol. The van der Waals surface area contributed by atoms with Crippen LogP contribution >= 0.6 is 0 Å². The maximum absolute atomic E-state index is 6.79. The van der Waals surface area contributed by atoms with E-state index < -0.39 is 10.3 Å². The topological polar surface area (TPSA) is 17.8 Å². The Bertz CT molecular complexity index is 3330. The van der Waals surface area contributed by atoms with Gasteiger partial charge in [-0.3, -0.25) is 4.57 Å². The maximum Gasteiger partial charge on any atom is 0.113 e. The number of benzene rings is 8. The molecule has 0 fully saturated rings. The third-order valence-electron chi connectivity index (χ3n) is 12.2. The largest absolute Gasteiger partial charge is 0.297 e. The van der Waals surface area contributed by atoms with Crippen LogP contribution in [0.5, 0.6) is 0 Å². The smallest absolute Gasteiger partial charge is 0.113 e. The van der Waals surface area contributed by atoms with Crippen molar-refractivity contribution < 1.29 is 0 Å². The molecule has 0 amide bonds. The molecule has 0 spiro atoms. The van der Waals surface area contributed by atoms with Crippen LogP contribution in [0.1, 0.15) is 5.82 Å². The van der Waals surface area contributed by atoms with Gasteiger partial charge in [-0.05, 0) is 96.4 Å². The van der Waals surface area contributed by atoms with Gasteiger partial charge in [0.15, 0.2) is 0 Å². The van der Waals surface area contributed by atoms with Crippen LogP contribution in [0, 0.1) is 0 Å². The summed E-state index contributed by atoms with van der Waals surface area (Å²) in [4.78, 5) is 4.68. The molecule has 64 heavy (non-hydrogen) atoms. The lowest BCUT2D eigenvalue weighted by Gasteiger charge is -2.41. The minimum absolute atomic E-state index is 0.0988. The van der Waals surface area contributed by atoms with E-state index in [0.29, 0.717) is 27.8 Å². The van der Waals surface area contributed by atoms with Crippen molar-refractivity contribution in [2.24, 2.45) is 0 Å². The minimum Gasteiger partial charge on any atom is -0.297 e. The lowest BCUT2D eigenvalue weighted by molar-refractivity contribution is 0.757. The van der Waals surface area contributed by atoms with E-state index in [0.717, 1.165) is 55.0 Å². The molecule has 30 radical (unpaired) electrons. The summed E-state index contributed by atoms with van der Waals surface area (Å²) in [6.45, 7) is 0. The van der Waals surface area contributed by atoms with Gasteiger partial charge in [0.25, 0.3) is 0 Å². The molecule has 0 unspecified atom stereocenters. The summed E-state index contributed by atoms with van der Waals surface area (Å²) in [6, 6.07) is 37.2. The molecule has 0 aliphatic rings. The molecule has 0 saturated carbocycles. The molecule has 0 N–H and O–H groups in total. The molecule has 1 aromatic heterocycles. The van der Waals surface area contributed by atoms with Gasteiger partial charge >= 0.3 is 0 Å². The molecule has 262 valence electrons. The van der Waals surface area contributed by atoms with Crippen LogP contribution < -0.4 is 54.6 Å². The van der Waals surface area contributed by atoms with Crippen LogP contribution in [0.15, 0.2) is 115 Å². The monoisotopic (exact) mass is 776 g/mol. The molecule has 1 heterocycles. The summed E-state index contributed by atoms with van der Waals surface area (Å²) >= 11 is 0. The lowest BCUT2D eigenvalue weighted by atomic mass is 9.23. The maximum atomic E-state index is 6.79. The Morgan fingerprint density at radius 2 is 0.734 bits per heavy atom. The molecule has 2 nitrogen and oxygen atoms in total. The highest BCUT2D eigenvalue weighted by atomic mass is 15.1. The van der Waals surface area contributed by atoms with Crippen molar-refractivity contribution in [2.45, 2.75) is 10.3 Å². The first kappa shape index (κ1) is 44.0. The van der Waals surface area contributed by atoms with Crippen molar-refractivity contribution >= 4 is 205 Å². The second-order valence-electron chi connectivity index (χ2n) is 16.1. The zero-order chi connectivity index (χ0) is 45.7. The minimum atomic E-state index is -1.97. The summed E-state index contributed by atoms with van der Waals surface area (Å²) in [5.74, 6) is 0.208. The molecule has 0 aliphatic heterocycles. The fourth-order valence-electron chi connectivity index (χ4n) is 8.55. The number of aromatic nitrogens is 2. The molecule has 0 bridgehead atoms. The van der Waals surface area contributed by atoms with Gasteiger partial charge in [0.1, 0.15) is 84.3 Å². The van der Waals surface area contributed by atoms with Crippen LogP contribution in [0.25, 0.3) is 82.8 Å². The van der Waals surface area contributed by atoms with E-state index in [2.05, 4.69) is 4.98 Å². The van der Waals surface area contributed by atoms with E-state index in [4.69, 9.17) is 118 Å². The van der Waals surface area contributed by atoms with E-state index in [9.17, 15) is 0 Å². The first-order valence-corrected chi connectivity index (χ1v) is 20.0. The van der Waals surface area contributed by atoms with Gasteiger partial charge in [0.2, 0.25) is 0 Å². The van der Waals surface area contributed by atoms with Crippen molar-refractivity contribution in [1.29, 1.82) is 0 Å². The highest BCUT2D eigenvalue weighted by molar-refractivity contribution is 6.71. The molecular weight excluding hydrogens is 755 g/mol. The third-order valence-corrected chi connectivity index (χ3v) is 12.2. The molecule has 0 atom stereocenters. The summed E-state index contributed by atoms with van der Waals surface area (Å²) in [5.41, 5.74) is 9.41. The number of hydrogen-bond acceptors (Lipinski definition) is 1. The third kappa shape index (κ3) is 6.82. The molecule has 8 aromatic carbocycles. The second kappa shape index (κ2) is 16.0. The Balaban J connectivity index is 1.21. The number of fused-ring (bicyclic) bond motifs is 3. The highest BCUT2D eigenvalue weighted by Gasteiger charge is 2.36. The fraction of sp³-hybridized carbons (Fsp3) is 0.0426. The molecular formula is C47H19B15N2. The molecule has 17 heteroatoms. The lowest BCUT2D eigenvalue weighted by Crippen LogP contribution is -2.55. The zero-order valence-electron chi connectivity index (χ0n) is 34.5. The predicted octanol–water partition coefficient (Wildman–Crippen LogP) is -1.99. The van der Waals surface area contributed by atoms with Gasteiger partial charge < -0.3 is 0 Å². The van der Waals surface area contributed by atoms with E-state index >= 15 is 0 Å². The van der Waals surface area contributed by atoms with Gasteiger partial charge in [0.05, 0.1) is 50.3 Å². The Kier molecular flexibility index (Phi) is 11.0. The van der Waals surface area contributed by atoms with Crippen molar-refractivity contribution in [3.05, 3.63) is 121 Å². The average Bonchev–Trinajstić information content (AvgIpc) is 3.70. The summed E-state index contributed by atoms with van der Waals surface area (Å²) in [5, 5.41) is -0.916. The van der Waals surface area contributed by atoms with Crippen LogP contribution in [0.2, 0.25) is 5.11 Å². The van der Waals surface area contributed by atoms with Crippen LogP contribution in [0.4, 0.5) is 0 Å². The van der Waals surface area contributed by atoms with E-state index in [1.807, 2.05) is 115 Å². The van der Waals surface area contributed by atoms with Crippen molar-refractivity contribution in [1.82, 2.24) is 9.55 Å². The Morgan fingerprint density at radius 3 is 1.22 bits per heavy atom. The van der Waals surface area contributed by atoms with Crippen molar-refractivity contribution in [3.8, 4) is 50.2 Å². The number of rotatable bonds is 7. The Labute approximate surface area is 393 Å². The molecule has 0 saturated heterocycles. The number of hydrogen-bond donors (Lipinski definition) is 0. The number of para-hydroxylation sites is 2. The van der Waals surface area contributed by atoms with E-state index in [1.54, 1.807) is 4.57 Å². The summed E-state index contributed by atoms with van der Waals surface area (Å²) in [7, 11) is 96.5. The van der Waals surface area contributed by atoms with Gasteiger partial charge in [-0.1, -0.05) is 112 Å². The number of imidazole rings is 1. The van der Waals surface area contributed by atoms with Gasteiger partial charge in [-0.2, -0.15) is 0 Å². The highest BCUT2D eigenvalue weighted by Crippen LogP contribution is 2.44. The van der Waals surface area contributed by atoms with Crippen LogP contribution in [-0.4, -0.2) is 127 Å². The fourth-order valence-corrected chi connectivity index (χ4v) is 8.55. The van der Waals surface area contributed by atoms with Crippen LogP contribution in [-0.2, 0) is 5.21 Å². The van der Waals surface area contributed by atoms with E-state index in [-0.39, 0.29) is 60.5 Å². The molecule has 9 rings (SSSR count). The van der Waals surface area contributed by atoms with Gasteiger partial charge in [-0.25, -0.2) is 4.98 Å². The van der Waals surface area contributed by atoms with E-state index in [1.165, 1.54) is 0 Å². The Morgan fingerprint density at radius 1 is 0.359 bits per heavy atom. The molecule has 9 aromatic rings. The standard InChI is InChI=1S/C47H19B15N2/c48-35-33(36(49)40(53)43(56)39(35)52)31-25-5-1-2-6-26(25)32(34-37(50)41(54)44(57)42(55)38(34)51)28-19-23(15-18-27(28)31)22-11-9-20(10-12-22)21-13-16-24(17-14-21)64-30-8-4-3-7-29(30)63-45(64)46(58,59)47(60,61)62/h1-19H. The first-order valence-electron chi connectivity index (χ1n) is 20.0. The number of nitrogens with zero attached hydrogens (tertiary/aromatic N) is 2. The Hall–Kier alpha value is -5.28. The summed E-state index contributed by atoms with van der Waals surface area (Å²) < 4.78 is 1.81. The quantitative estimate of drug-likeness (QED) is 0.136. The molecule has 0 aliphatic carbocycles. The zero-order valence-corrected chi connectivity index (χ0v) is 34.5. The normalized spacial score (nSPS) is 12.1. The van der Waals surface area contributed by atoms with Crippen LogP contribution in [0.3, 0.4) is 0 Å². The van der Waals surface area contributed by atoms with Crippen molar-refractivity contribution in [2.75, 3.05) is 0 Å². The van der Waals surface area contributed by atoms with Gasteiger partial charge in [0, 0.05) is 5.69 Å². The average molecular weight is 774 g/mol. The van der Waals surface area contributed by atoms with Crippen molar-refractivity contribution in [3.63, 3.8) is 0 Å². The summed E-state index contributed by atoms with van der Waals surface area (Å²) in [6.07, 6.45) is 0. The van der Waals surface area contributed by atoms with Gasteiger partial charge in [-0.15, -0.1) is 37.9 Å². The first-order chi connectivity index (χ1) is 30.3. The SMILES string of the molecule is [B]c1c([B])c([B])c(-c2c3ccccc3c(-c3c([B])c([B])c([B])c([B])c3[B])c3cc(-c4ccc(-c5ccc(-n6c(C([B])([B])C([B])([B])[B])nc7ccccc76)cc5)cc4)ccc23)c([B])c1[B].